The van der Waals surface area contributed by atoms with E-state index in [1.807, 2.05) is 12.1 Å². The van der Waals surface area contributed by atoms with Crippen LogP contribution < -0.4 is 5.32 Å². The molecule has 1 aromatic rings. The van der Waals surface area contributed by atoms with Crippen molar-refractivity contribution in [3.63, 3.8) is 0 Å². The van der Waals surface area contributed by atoms with Crippen LogP contribution >= 0.6 is 12.2 Å². The Balaban J connectivity index is 2.04. The third-order valence-electron chi connectivity index (χ3n) is 4.74. The molecule has 0 aromatic heterocycles. The molecule has 1 saturated heterocycles. The molecule has 1 fully saturated rings. The van der Waals surface area contributed by atoms with Crippen molar-refractivity contribution >= 4 is 17.3 Å². The highest BCUT2D eigenvalue weighted by Crippen LogP contribution is 2.32. The molecule has 2 unspecified atom stereocenters. The maximum atomic E-state index is 13.0. The van der Waals surface area contributed by atoms with Crippen LogP contribution in [0.25, 0.3) is 0 Å². The second-order valence-corrected chi connectivity index (χ2v) is 6.97. The van der Waals surface area contributed by atoms with Gasteiger partial charge in [0.2, 0.25) is 0 Å². The summed E-state index contributed by atoms with van der Waals surface area (Å²) in [6.45, 7) is 7.65. The molecule has 22 heavy (non-hydrogen) atoms. The molecule has 0 aliphatic carbocycles. The highest BCUT2D eigenvalue weighted by atomic mass is 32.1. The summed E-state index contributed by atoms with van der Waals surface area (Å²) in [6, 6.07) is 6.71. The van der Waals surface area contributed by atoms with Crippen molar-refractivity contribution in [3.8, 4) is 0 Å². The fourth-order valence-electron chi connectivity index (χ4n) is 3.42. The fourth-order valence-corrected chi connectivity index (χ4v) is 3.91. The van der Waals surface area contributed by atoms with E-state index in [-0.39, 0.29) is 17.4 Å². The van der Waals surface area contributed by atoms with E-state index in [9.17, 15) is 4.39 Å². The molecule has 4 heteroatoms. The first-order valence-corrected chi connectivity index (χ1v) is 8.71. The van der Waals surface area contributed by atoms with Crippen molar-refractivity contribution < 1.29 is 4.39 Å². The van der Waals surface area contributed by atoms with Crippen LogP contribution in [0.1, 0.15) is 64.5 Å². The number of halogens is 1. The second-order valence-electron chi connectivity index (χ2n) is 6.58. The number of benzene rings is 1. The Labute approximate surface area is 139 Å². The van der Waals surface area contributed by atoms with Crippen LogP contribution in [0, 0.1) is 5.82 Å². The molecular formula is C18H27FN2S. The highest BCUT2D eigenvalue weighted by molar-refractivity contribution is 7.80. The van der Waals surface area contributed by atoms with Crippen LogP contribution in [0.4, 0.5) is 4.39 Å². The van der Waals surface area contributed by atoms with Crippen LogP contribution in [0.3, 0.4) is 0 Å². The van der Waals surface area contributed by atoms with Crippen LogP contribution in [0.5, 0.6) is 0 Å². The zero-order chi connectivity index (χ0) is 16.2. The summed E-state index contributed by atoms with van der Waals surface area (Å²) in [5.41, 5.74) is 1.22. The molecule has 0 radical (unpaired) electrons. The molecule has 122 valence electrons. The van der Waals surface area contributed by atoms with E-state index in [0.29, 0.717) is 0 Å². The summed E-state index contributed by atoms with van der Waals surface area (Å²) in [6.07, 6.45) is 6.02. The van der Waals surface area contributed by atoms with E-state index >= 15 is 0 Å². The molecule has 1 heterocycles. The summed E-state index contributed by atoms with van der Waals surface area (Å²) in [7, 11) is 0. The molecular weight excluding hydrogens is 295 g/mol. The van der Waals surface area contributed by atoms with Gasteiger partial charge in [-0.1, -0.05) is 25.5 Å². The third kappa shape index (κ3) is 3.97. The molecule has 2 rings (SSSR count). The molecule has 0 amide bonds. The quantitative estimate of drug-likeness (QED) is 0.801. The van der Waals surface area contributed by atoms with Crippen LogP contribution in [0.15, 0.2) is 24.3 Å². The lowest BCUT2D eigenvalue weighted by Gasteiger charge is -2.47. The monoisotopic (exact) mass is 322 g/mol. The maximum absolute atomic E-state index is 13.0. The largest absolute Gasteiger partial charge is 0.356 e. The lowest BCUT2D eigenvalue weighted by Crippen LogP contribution is -2.56. The van der Waals surface area contributed by atoms with Gasteiger partial charge in [-0.25, -0.2) is 4.39 Å². The van der Waals surface area contributed by atoms with Gasteiger partial charge < -0.3 is 10.2 Å². The van der Waals surface area contributed by atoms with Crippen LogP contribution in [-0.2, 0) is 0 Å². The number of likely N-dealkylation sites (tertiary alicyclic amines) is 1. The summed E-state index contributed by atoms with van der Waals surface area (Å²) in [5.74, 6) is -0.204. The zero-order valence-corrected chi connectivity index (χ0v) is 14.7. The zero-order valence-electron chi connectivity index (χ0n) is 13.9. The number of nitrogens with zero attached hydrogens (tertiary/aromatic N) is 1. The molecule has 1 aliphatic heterocycles. The predicted molar refractivity (Wildman–Crippen MR) is 94.4 cm³/mol. The molecule has 1 aliphatic rings. The number of rotatable bonds is 4. The smallest absolute Gasteiger partial charge is 0.169 e. The predicted octanol–water partition coefficient (Wildman–Crippen LogP) is 4.81. The maximum Gasteiger partial charge on any atom is 0.169 e. The van der Waals surface area contributed by atoms with Gasteiger partial charge in [-0.2, -0.15) is 0 Å². The molecule has 2 nitrogen and oxygen atoms in total. The standard InChI is InChI=1S/C18H27FN2S/c1-4-11-18(3)12-5-6-13-21(18)17(22)20-14(2)15-7-9-16(19)10-8-15/h7-10,14H,4-6,11-13H2,1-3H3,(H,20,22). The van der Waals surface area contributed by atoms with Gasteiger partial charge >= 0.3 is 0 Å². The highest BCUT2D eigenvalue weighted by Gasteiger charge is 2.35. The summed E-state index contributed by atoms with van der Waals surface area (Å²) < 4.78 is 13.0. The van der Waals surface area contributed by atoms with Crippen molar-refractivity contribution in [3.05, 3.63) is 35.6 Å². The third-order valence-corrected chi connectivity index (χ3v) is 5.08. The van der Waals surface area contributed by atoms with Gasteiger partial charge in [0.05, 0.1) is 6.04 Å². The first-order valence-electron chi connectivity index (χ1n) is 8.30. The SMILES string of the molecule is CCCC1(C)CCCCN1C(=S)NC(C)c1ccc(F)cc1. The van der Waals surface area contributed by atoms with Crippen LogP contribution in [-0.4, -0.2) is 22.1 Å². The number of thiocarbonyl (C=S) groups is 1. The van der Waals surface area contributed by atoms with Crippen molar-refractivity contribution in [1.82, 2.24) is 10.2 Å². The molecule has 2 atom stereocenters. The van der Waals surface area contributed by atoms with Crippen molar-refractivity contribution in [1.29, 1.82) is 0 Å². The number of nitrogens with one attached hydrogen (secondary N) is 1. The lowest BCUT2D eigenvalue weighted by molar-refractivity contribution is 0.123. The Morgan fingerprint density at radius 3 is 2.68 bits per heavy atom. The lowest BCUT2D eigenvalue weighted by atomic mass is 9.85. The number of hydrogen-bond acceptors (Lipinski definition) is 1. The van der Waals surface area contributed by atoms with Gasteiger partial charge in [0.1, 0.15) is 5.82 Å². The minimum atomic E-state index is -0.204. The molecule has 0 bridgehead atoms. The van der Waals surface area contributed by atoms with Gasteiger partial charge in [-0.3, -0.25) is 0 Å². The molecule has 1 aromatic carbocycles. The minimum absolute atomic E-state index is 0.0842. The fraction of sp³-hybridized carbons (Fsp3) is 0.611. The van der Waals surface area contributed by atoms with Crippen molar-refractivity contribution in [2.45, 2.75) is 64.5 Å². The van der Waals surface area contributed by atoms with E-state index in [1.54, 1.807) is 0 Å². The van der Waals surface area contributed by atoms with Crippen LogP contribution in [0.2, 0.25) is 0 Å². The van der Waals surface area contributed by atoms with Gasteiger partial charge in [0.15, 0.2) is 5.11 Å². The molecule has 0 spiro atoms. The van der Waals surface area contributed by atoms with Gasteiger partial charge in [0, 0.05) is 12.1 Å². The Bertz CT molecular complexity index is 498. The van der Waals surface area contributed by atoms with E-state index in [0.717, 1.165) is 17.2 Å². The number of piperidine rings is 1. The average molecular weight is 322 g/mol. The summed E-state index contributed by atoms with van der Waals surface area (Å²) in [4.78, 5) is 2.37. The van der Waals surface area contributed by atoms with E-state index in [2.05, 4.69) is 31.0 Å². The van der Waals surface area contributed by atoms with Gasteiger partial charge in [0.25, 0.3) is 0 Å². The van der Waals surface area contributed by atoms with Crippen molar-refractivity contribution in [2.24, 2.45) is 0 Å². The molecule has 0 saturated carbocycles. The first kappa shape index (κ1) is 17.2. The summed E-state index contributed by atoms with van der Waals surface area (Å²) in [5, 5.41) is 4.26. The van der Waals surface area contributed by atoms with Crippen molar-refractivity contribution in [2.75, 3.05) is 6.54 Å². The first-order chi connectivity index (χ1) is 10.5. The van der Waals surface area contributed by atoms with E-state index in [1.165, 1.54) is 44.2 Å². The molecule has 1 N–H and O–H groups in total. The average Bonchev–Trinajstić information content (AvgIpc) is 2.48. The van der Waals surface area contributed by atoms with E-state index < -0.39 is 0 Å². The normalized spacial score (nSPS) is 23.2. The Morgan fingerprint density at radius 1 is 1.36 bits per heavy atom. The Morgan fingerprint density at radius 2 is 2.05 bits per heavy atom. The van der Waals surface area contributed by atoms with Gasteiger partial charge in [-0.05, 0) is 69.4 Å². The van der Waals surface area contributed by atoms with E-state index in [4.69, 9.17) is 12.2 Å². The minimum Gasteiger partial charge on any atom is -0.356 e. The number of hydrogen-bond donors (Lipinski definition) is 1. The Kier molecular flexibility index (Phi) is 5.79. The van der Waals surface area contributed by atoms with Gasteiger partial charge in [-0.15, -0.1) is 0 Å². The second kappa shape index (κ2) is 7.40. The topological polar surface area (TPSA) is 15.3 Å². The summed E-state index contributed by atoms with van der Waals surface area (Å²) >= 11 is 5.68. The Hall–Kier alpha value is -1.16.